The van der Waals surface area contributed by atoms with Gasteiger partial charge in [0.05, 0.1) is 0 Å². The molecule has 0 aromatic heterocycles. The van der Waals surface area contributed by atoms with E-state index in [1.807, 2.05) is 11.8 Å². The minimum atomic E-state index is 0.589. The smallest absolute Gasteiger partial charge is 0.0132 e. The fraction of sp³-hybridized carbons (Fsp3) is 0.538. The van der Waals surface area contributed by atoms with E-state index < -0.39 is 0 Å². The highest BCUT2D eigenvalue weighted by molar-refractivity contribution is 9.09. The van der Waals surface area contributed by atoms with Gasteiger partial charge in [0, 0.05) is 28.1 Å². The molecule has 0 amide bonds. The lowest BCUT2D eigenvalue weighted by Gasteiger charge is -2.14. The molecule has 1 nitrogen and oxygen atoms in total. The van der Waals surface area contributed by atoms with Crippen LogP contribution in [0.5, 0.6) is 0 Å². The summed E-state index contributed by atoms with van der Waals surface area (Å²) in [4.78, 5) is 1.95. The monoisotopic (exact) mass is 301 g/mol. The lowest BCUT2D eigenvalue weighted by molar-refractivity contribution is 0.534. The molecule has 0 spiro atoms. The van der Waals surface area contributed by atoms with Gasteiger partial charge in [-0.3, -0.25) is 0 Å². The van der Waals surface area contributed by atoms with Crippen LogP contribution in [0.3, 0.4) is 0 Å². The molecule has 1 rings (SSSR count). The Hall–Kier alpha value is 0.0100. The van der Waals surface area contributed by atoms with E-state index in [1.165, 1.54) is 11.3 Å². The third kappa shape index (κ3) is 6.56. The van der Waals surface area contributed by atoms with Crippen LogP contribution in [0, 0.1) is 0 Å². The summed E-state index contributed by atoms with van der Waals surface area (Å²) >= 11 is 5.48. The fourth-order valence-electron chi connectivity index (χ4n) is 1.56. The van der Waals surface area contributed by atoms with E-state index in [1.54, 1.807) is 0 Å². The number of rotatable bonds is 7. The van der Waals surface area contributed by atoms with Crippen LogP contribution in [0.1, 0.15) is 20.3 Å². The summed E-state index contributed by atoms with van der Waals surface area (Å²) in [5, 5.41) is 3.53. The number of benzene rings is 1. The zero-order valence-corrected chi connectivity index (χ0v) is 12.4. The minimum Gasteiger partial charge on any atom is -0.313 e. The normalized spacial score (nSPS) is 14.7. The Bertz CT molecular complexity index is 277. The highest BCUT2D eigenvalue weighted by atomic mass is 79.9. The molecule has 1 N–H and O–H groups in total. The molecule has 2 atom stereocenters. The number of halogens is 1. The van der Waals surface area contributed by atoms with Crippen LogP contribution in [0.15, 0.2) is 35.2 Å². The molecule has 0 aliphatic carbocycles. The molecule has 0 fully saturated rings. The molecule has 16 heavy (non-hydrogen) atoms. The van der Waals surface area contributed by atoms with Crippen LogP contribution < -0.4 is 5.32 Å². The topological polar surface area (TPSA) is 12.0 Å². The Morgan fingerprint density at radius 1 is 1.25 bits per heavy atom. The van der Waals surface area contributed by atoms with Gasteiger partial charge in [0.1, 0.15) is 0 Å². The molecule has 0 radical (unpaired) electrons. The van der Waals surface area contributed by atoms with E-state index in [4.69, 9.17) is 0 Å². The summed E-state index contributed by atoms with van der Waals surface area (Å²) in [5.41, 5.74) is 0. The van der Waals surface area contributed by atoms with Crippen molar-refractivity contribution >= 4 is 27.7 Å². The molecule has 0 saturated heterocycles. The van der Waals surface area contributed by atoms with Crippen molar-refractivity contribution < 1.29 is 0 Å². The van der Waals surface area contributed by atoms with Crippen LogP contribution in [0.2, 0.25) is 0 Å². The maximum atomic E-state index is 3.58. The summed E-state index contributed by atoms with van der Waals surface area (Å²) in [5.74, 6) is 1.13. The summed E-state index contributed by atoms with van der Waals surface area (Å²) < 4.78 is 0. The van der Waals surface area contributed by atoms with Crippen molar-refractivity contribution in [3.8, 4) is 0 Å². The lowest BCUT2D eigenvalue weighted by Crippen LogP contribution is -2.29. The molecular weight excluding hydrogens is 282 g/mol. The molecule has 0 aliphatic heterocycles. The van der Waals surface area contributed by atoms with Gasteiger partial charge in [0.15, 0.2) is 0 Å². The van der Waals surface area contributed by atoms with Gasteiger partial charge in [-0.2, -0.15) is 0 Å². The average molecular weight is 302 g/mol. The maximum absolute atomic E-state index is 3.58. The second-order valence-electron chi connectivity index (χ2n) is 4.03. The van der Waals surface area contributed by atoms with Gasteiger partial charge in [-0.15, -0.1) is 11.8 Å². The molecule has 3 heteroatoms. The van der Waals surface area contributed by atoms with Gasteiger partial charge >= 0.3 is 0 Å². The van der Waals surface area contributed by atoms with Gasteiger partial charge in [-0.25, -0.2) is 0 Å². The van der Waals surface area contributed by atoms with Crippen LogP contribution in [0.4, 0.5) is 0 Å². The number of hydrogen-bond donors (Lipinski definition) is 1. The number of nitrogens with one attached hydrogen (secondary N) is 1. The van der Waals surface area contributed by atoms with Crippen molar-refractivity contribution in [2.24, 2.45) is 0 Å². The number of hydrogen-bond acceptors (Lipinski definition) is 2. The maximum Gasteiger partial charge on any atom is 0.0132 e. The summed E-state index contributed by atoms with van der Waals surface area (Å²) in [6.07, 6.45) is 1.18. The Balaban J connectivity index is 2.08. The Morgan fingerprint density at radius 2 is 1.94 bits per heavy atom. The van der Waals surface area contributed by atoms with E-state index in [2.05, 4.69) is 65.4 Å². The highest BCUT2D eigenvalue weighted by Gasteiger charge is 2.04. The Labute approximate surface area is 112 Å². The van der Waals surface area contributed by atoms with Crippen molar-refractivity contribution in [1.82, 2.24) is 5.32 Å². The number of thioether (sulfide) groups is 1. The molecule has 0 aliphatic rings. The predicted molar refractivity (Wildman–Crippen MR) is 77.6 cm³/mol. The number of alkyl halides is 1. The first-order valence-corrected chi connectivity index (χ1v) is 7.64. The summed E-state index contributed by atoms with van der Waals surface area (Å²) in [7, 11) is 0. The van der Waals surface area contributed by atoms with Crippen molar-refractivity contribution in [1.29, 1.82) is 0 Å². The largest absolute Gasteiger partial charge is 0.313 e. The molecular formula is C13H20BrNS. The van der Waals surface area contributed by atoms with Crippen LogP contribution in [-0.2, 0) is 0 Å². The van der Waals surface area contributed by atoms with Crippen molar-refractivity contribution in [3.05, 3.63) is 30.3 Å². The molecule has 0 bridgehead atoms. The molecule has 0 heterocycles. The van der Waals surface area contributed by atoms with Crippen LogP contribution in [-0.4, -0.2) is 23.2 Å². The standard InChI is InChI=1S/C13H20BrNS/c1-11(14)10-12(2)15-8-9-16-13-6-4-3-5-7-13/h3-7,11-12,15H,8-10H2,1-2H3. The van der Waals surface area contributed by atoms with Gasteiger partial charge in [-0.05, 0) is 25.5 Å². The molecule has 1 aromatic rings. The zero-order chi connectivity index (χ0) is 11.8. The van der Waals surface area contributed by atoms with Crippen molar-refractivity contribution in [3.63, 3.8) is 0 Å². The van der Waals surface area contributed by atoms with E-state index in [-0.39, 0.29) is 0 Å². The lowest BCUT2D eigenvalue weighted by atomic mass is 10.2. The molecule has 2 unspecified atom stereocenters. The SMILES string of the molecule is CC(Br)CC(C)NCCSc1ccccc1. The Kier molecular flexibility index (Phi) is 7.17. The zero-order valence-electron chi connectivity index (χ0n) is 9.95. The minimum absolute atomic E-state index is 0.589. The van der Waals surface area contributed by atoms with Gasteiger partial charge < -0.3 is 5.32 Å². The second-order valence-corrected chi connectivity index (χ2v) is 6.76. The average Bonchev–Trinajstić information content (AvgIpc) is 2.25. The second kappa shape index (κ2) is 8.15. The van der Waals surface area contributed by atoms with Gasteiger partial charge in [-0.1, -0.05) is 41.1 Å². The van der Waals surface area contributed by atoms with E-state index in [0.29, 0.717) is 10.9 Å². The van der Waals surface area contributed by atoms with E-state index in [9.17, 15) is 0 Å². The predicted octanol–water partition coefficient (Wildman–Crippen LogP) is 3.93. The third-order valence-corrected chi connectivity index (χ3v) is 3.67. The molecule has 0 saturated carbocycles. The van der Waals surface area contributed by atoms with Crippen LogP contribution >= 0.6 is 27.7 Å². The molecule has 1 aromatic carbocycles. The molecule has 90 valence electrons. The summed E-state index contributed by atoms with van der Waals surface area (Å²) in [6, 6.07) is 11.1. The first-order chi connectivity index (χ1) is 7.68. The van der Waals surface area contributed by atoms with Crippen LogP contribution in [0.25, 0.3) is 0 Å². The first-order valence-electron chi connectivity index (χ1n) is 5.74. The quantitative estimate of drug-likeness (QED) is 0.465. The van der Waals surface area contributed by atoms with Crippen molar-refractivity contribution in [2.75, 3.05) is 12.3 Å². The van der Waals surface area contributed by atoms with Gasteiger partial charge in [0.25, 0.3) is 0 Å². The Morgan fingerprint density at radius 3 is 2.56 bits per heavy atom. The van der Waals surface area contributed by atoms with Crippen molar-refractivity contribution in [2.45, 2.75) is 36.0 Å². The third-order valence-electron chi connectivity index (χ3n) is 2.29. The van der Waals surface area contributed by atoms with E-state index in [0.717, 1.165) is 12.3 Å². The first kappa shape index (κ1) is 14.1. The highest BCUT2D eigenvalue weighted by Crippen LogP contribution is 2.16. The van der Waals surface area contributed by atoms with E-state index >= 15 is 0 Å². The van der Waals surface area contributed by atoms with Gasteiger partial charge in [0.2, 0.25) is 0 Å². The fourth-order valence-corrected chi connectivity index (χ4v) is 2.93. The summed E-state index contributed by atoms with van der Waals surface area (Å²) in [6.45, 7) is 5.50.